The van der Waals surface area contributed by atoms with Gasteiger partial charge >= 0.3 is 5.97 Å². The fraction of sp³-hybridized carbons (Fsp3) is 0.0909. The molecule has 1 aromatic heterocycles. The van der Waals surface area contributed by atoms with E-state index in [2.05, 4.69) is 9.82 Å². The first-order valence-electron chi connectivity index (χ1n) is 5.45. The number of hydrogen-bond donors (Lipinski definition) is 2. The number of benzene rings is 1. The van der Waals surface area contributed by atoms with Crippen LogP contribution in [0.5, 0.6) is 0 Å². The van der Waals surface area contributed by atoms with Crippen LogP contribution in [0.4, 0.5) is 5.69 Å². The van der Waals surface area contributed by atoms with Crippen LogP contribution in [0.3, 0.4) is 0 Å². The van der Waals surface area contributed by atoms with Gasteiger partial charge in [-0.2, -0.15) is 13.5 Å². The molecule has 2 N–H and O–H groups in total. The molecule has 1 heterocycles. The molecule has 10 heteroatoms. The van der Waals surface area contributed by atoms with Gasteiger partial charge in [-0.15, -0.1) is 0 Å². The van der Waals surface area contributed by atoms with Gasteiger partial charge in [-0.3, -0.25) is 9.40 Å². The average Bonchev–Trinajstić information content (AvgIpc) is 2.80. The third-order valence-electron chi connectivity index (χ3n) is 2.58. The topological polar surface area (TPSA) is 101 Å². The lowest BCUT2D eigenvalue weighted by molar-refractivity contribution is 0.0697. The highest BCUT2D eigenvalue weighted by Crippen LogP contribution is 2.33. The summed E-state index contributed by atoms with van der Waals surface area (Å²) in [6.07, 6.45) is 1.32. The summed E-state index contributed by atoms with van der Waals surface area (Å²) < 4.78 is 27.8. The number of carboxylic acid groups (broad SMARTS) is 1. The number of carboxylic acids is 1. The van der Waals surface area contributed by atoms with Crippen molar-refractivity contribution < 1.29 is 18.3 Å². The smallest absolute Gasteiger partial charge is 0.335 e. The van der Waals surface area contributed by atoms with Crippen LogP contribution in [0.15, 0.2) is 29.4 Å². The van der Waals surface area contributed by atoms with E-state index in [0.29, 0.717) is 0 Å². The molecule has 112 valence electrons. The molecule has 0 spiro atoms. The molecule has 2 rings (SSSR count). The predicted octanol–water partition coefficient (Wildman–Crippen LogP) is 2.23. The van der Waals surface area contributed by atoms with Gasteiger partial charge in [0.05, 0.1) is 27.5 Å². The summed E-state index contributed by atoms with van der Waals surface area (Å²) in [6.45, 7) is 0. The van der Waals surface area contributed by atoms with Gasteiger partial charge in [-0.1, -0.05) is 23.2 Å². The Bertz CT molecular complexity index is 794. The number of carbonyl (C=O) groups is 1. The summed E-state index contributed by atoms with van der Waals surface area (Å²) in [7, 11) is -2.48. The first kappa shape index (κ1) is 15.6. The predicted molar refractivity (Wildman–Crippen MR) is 77.4 cm³/mol. The zero-order chi connectivity index (χ0) is 15.8. The van der Waals surface area contributed by atoms with Crippen LogP contribution < -0.4 is 4.72 Å². The van der Waals surface area contributed by atoms with Crippen LogP contribution >= 0.6 is 23.2 Å². The van der Waals surface area contributed by atoms with Crippen molar-refractivity contribution in [2.24, 2.45) is 7.05 Å². The Morgan fingerprint density at radius 1 is 1.33 bits per heavy atom. The molecular formula is C11H9Cl2N3O4S. The average molecular weight is 350 g/mol. The number of aromatic carboxylic acids is 1. The van der Waals surface area contributed by atoms with Crippen LogP contribution in [0.25, 0.3) is 0 Å². The Balaban J connectivity index is 2.45. The number of aromatic nitrogens is 2. The van der Waals surface area contributed by atoms with Crippen molar-refractivity contribution in [3.8, 4) is 0 Å². The number of halogens is 2. The molecule has 0 saturated heterocycles. The minimum atomic E-state index is -3.94. The van der Waals surface area contributed by atoms with Crippen molar-refractivity contribution in [3.05, 3.63) is 40.0 Å². The van der Waals surface area contributed by atoms with E-state index in [9.17, 15) is 13.2 Å². The molecule has 0 bridgehead atoms. The number of rotatable bonds is 4. The highest BCUT2D eigenvalue weighted by atomic mass is 35.5. The molecule has 7 nitrogen and oxygen atoms in total. The van der Waals surface area contributed by atoms with Crippen molar-refractivity contribution in [2.75, 3.05) is 4.72 Å². The molecule has 0 amide bonds. The zero-order valence-corrected chi connectivity index (χ0v) is 12.9. The molecule has 0 saturated carbocycles. The number of nitrogens with one attached hydrogen (secondary N) is 1. The molecule has 21 heavy (non-hydrogen) atoms. The van der Waals surface area contributed by atoms with Gasteiger partial charge in [0.25, 0.3) is 10.0 Å². The monoisotopic (exact) mass is 349 g/mol. The minimum Gasteiger partial charge on any atom is -0.478 e. The van der Waals surface area contributed by atoms with E-state index in [-0.39, 0.29) is 26.3 Å². The zero-order valence-electron chi connectivity index (χ0n) is 10.5. The summed E-state index contributed by atoms with van der Waals surface area (Å²) in [6, 6.07) is 3.52. The largest absolute Gasteiger partial charge is 0.478 e. The van der Waals surface area contributed by atoms with E-state index in [4.69, 9.17) is 28.3 Å². The normalized spacial score (nSPS) is 11.4. The van der Waals surface area contributed by atoms with E-state index in [0.717, 1.165) is 16.8 Å². The van der Waals surface area contributed by atoms with Crippen molar-refractivity contribution in [1.82, 2.24) is 9.78 Å². The van der Waals surface area contributed by atoms with Crippen LogP contribution in [-0.4, -0.2) is 29.3 Å². The standard InChI is InChI=1S/C11H9Cl2N3O4S/c1-16-9(2-3-14-16)21(19,20)15-10-7(12)4-6(11(17)18)5-8(10)13/h2-5,15H,1H3,(H,17,18). The summed E-state index contributed by atoms with van der Waals surface area (Å²) in [5, 5.41) is 12.3. The van der Waals surface area contributed by atoms with E-state index in [1.165, 1.54) is 19.3 Å². The van der Waals surface area contributed by atoms with Crippen molar-refractivity contribution in [3.63, 3.8) is 0 Å². The number of anilines is 1. The fourth-order valence-corrected chi connectivity index (χ4v) is 3.53. The quantitative estimate of drug-likeness (QED) is 0.881. The van der Waals surface area contributed by atoms with Crippen LogP contribution in [-0.2, 0) is 17.1 Å². The Hall–Kier alpha value is -1.77. The second-order valence-electron chi connectivity index (χ2n) is 4.02. The lowest BCUT2D eigenvalue weighted by Gasteiger charge is -2.12. The van der Waals surface area contributed by atoms with Crippen molar-refractivity contribution in [1.29, 1.82) is 0 Å². The first-order chi connectivity index (χ1) is 9.72. The third kappa shape index (κ3) is 3.12. The Kier molecular flexibility index (Phi) is 4.13. The van der Waals surface area contributed by atoms with E-state index >= 15 is 0 Å². The van der Waals surface area contributed by atoms with Crippen molar-refractivity contribution in [2.45, 2.75) is 5.03 Å². The van der Waals surface area contributed by atoms with Gasteiger partial charge < -0.3 is 5.11 Å². The van der Waals surface area contributed by atoms with Gasteiger partial charge in [-0.05, 0) is 18.2 Å². The molecule has 0 atom stereocenters. The Morgan fingerprint density at radius 2 is 1.90 bits per heavy atom. The Labute approximate surface area is 130 Å². The maximum absolute atomic E-state index is 12.2. The Morgan fingerprint density at radius 3 is 2.33 bits per heavy atom. The summed E-state index contributed by atoms with van der Waals surface area (Å²) in [4.78, 5) is 10.9. The number of aryl methyl sites for hydroxylation is 1. The van der Waals surface area contributed by atoms with Gasteiger partial charge in [0.1, 0.15) is 0 Å². The number of hydrogen-bond acceptors (Lipinski definition) is 4. The van der Waals surface area contributed by atoms with Crippen molar-refractivity contribution >= 4 is 44.9 Å². The van der Waals surface area contributed by atoms with Gasteiger partial charge in [-0.25, -0.2) is 4.79 Å². The maximum atomic E-state index is 12.2. The second-order valence-corrected chi connectivity index (χ2v) is 6.46. The summed E-state index contributed by atoms with van der Waals surface area (Å²) >= 11 is 11.8. The highest BCUT2D eigenvalue weighted by molar-refractivity contribution is 7.92. The minimum absolute atomic E-state index is 0.0862. The summed E-state index contributed by atoms with van der Waals surface area (Å²) in [5.41, 5.74) is -0.238. The fourth-order valence-electron chi connectivity index (χ4n) is 1.61. The molecule has 0 aliphatic heterocycles. The van der Waals surface area contributed by atoms with Crippen LogP contribution in [0.2, 0.25) is 10.0 Å². The van der Waals surface area contributed by atoms with E-state index < -0.39 is 16.0 Å². The molecule has 1 aromatic carbocycles. The first-order valence-corrected chi connectivity index (χ1v) is 7.69. The van der Waals surface area contributed by atoms with Gasteiger partial charge in [0.15, 0.2) is 5.03 Å². The van der Waals surface area contributed by atoms with Crippen LogP contribution in [0, 0.1) is 0 Å². The van der Waals surface area contributed by atoms with Gasteiger partial charge in [0, 0.05) is 7.05 Å². The van der Waals surface area contributed by atoms with E-state index in [1.807, 2.05) is 0 Å². The molecular weight excluding hydrogens is 341 g/mol. The maximum Gasteiger partial charge on any atom is 0.335 e. The summed E-state index contributed by atoms with van der Waals surface area (Å²) in [5.74, 6) is -1.22. The second kappa shape index (κ2) is 5.55. The molecule has 0 aliphatic rings. The molecule has 0 fully saturated rings. The number of sulfonamides is 1. The molecule has 0 radical (unpaired) electrons. The van der Waals surface area contributed by atoms with Crippen LogP contribution in [0.1, 0.15) is 10.4 Å². The molecule has 0 unspecified atom stereocenters. The molecule has 0 aliphatic carbocycles. The molecule has 2 aromatic rings. The number of nitrogens with zero attached hydrogens (tertiary/aromatic N) is 2. The lowest BCUT2D eigenvalue weighted by atomic mass is 10.2. The van der Waals surface area contributed by atoms with E-state index in [1.54, 1.807) is 0 Å². The third-order valence-corrected chi connectivity index (χ3v) is 4.60. The SMILES string of the molecule is Cn1nccc1S(=O)(=O)Nc1c(Cl)cc(C(=O)O)cc1Cl. The lowest BCUT2D eigenvalue weighted by Crippen LogP contribution is -2.17. The van der Waals surface area contributed by atoms with Gasteiger partial charge in [0.2, 0.25) is 0 Å². The highest BCUT2D eigenvalue weighted by Gasteiger charge is 2.22.